The number of pyridine rings is 1. The molecule has 6 nitrogen and oxygen atoms in total. The van der Waals surface area contributed by atoms with Crippen LogP contribution in [0.25, 0.3) is 0 Å². The van der Waals surface area contributed by atoms with Crippen LogP contribution in [0.5, 0.6) is 0 Å². The van der Waals surface area contributed by atoms with Gasteiger partial charge in [-0.1, -0.05) is 6.07 Å². The Balaban J connectivity index is 1.74. The van der Waals surface area contributed by atoms with E-state index in [1.807, 2.05) is 0 Å². The first-order chi connectivity index (χ1) is 12.0. The van der Waals surface area contributed by atoms with Gasteiger partial charge in [0.1, 0.15) is 0 Å². The van der Waals surface area contributed by atoms with Gasteiger partial charge in [-0.3, -0.25) is 19.8 Å². The molecule has 1 aromatic heterocycles. The van der Waals surface area contributed by atoms with Crippen LogP contribution in [0.1, 0.15) is 24.4 Å². The Morgan fingerprint density at radius 1 is 1.16 bits per heavy atom. The summed E-state index contributed by atoms with van der Waals surface area (Å²) in [5.74, 6) is -1.75. The summed E-state index contributed by atoms with van der Waals surface area (Å²) in [6.07, 6.45) is 2.95. The maximum atomic E-state index is 13.5. The molecule has 0 radical (unpaired) electrons. The molecule has 1 saturated heterocycles. The lowest BCUT2D eigenvalue weighted by molar-refractivity contribution is -0.385. The summed E-state index contributed by atoms with van der Waals surface area (Å²) in [6.45, 7) is 1.55. The lowest BCUT2D eigenvalue weighted by Gasteiger charge is -2.25. The average Bonchev–Trinajstić information content (AvgIpc) is 3.05. The van der Waals surface area contributed by atoms with E-state index in [-0.39, 0.29) is 17.3 Å². The number of hydrogen-bond acceptors (Lipinski definition) is 4. The number of benzene rings is 1. The van der Waals surface area contributed by atoms with Crippen molar-refractivity contribution < 1.29 is 13.7 Å². The van der Waals surface area contributed by atoms with Gasteiger partial charge in [-0.25, -0.2) is 8.78 Å². The molecule has 0 amide bonds. The van der Waals surface area contributed by atoms with Crippen molar-refractivity contribution in [3.8, 4) is 0 Å². The zero-order chi connectivity index (χ0) is 18.0. The molecule has 2 heterocycles. The van der Waals surface area contributed by atoms with Crippen LogP contribution in [0.2, 0.25) is 0 Å². The molecule has 1 aliphatic rings. The maximum Gasteiger partial charge on any atom is 0.285 e. The van der Waals surface area contributed by atoms with Gasteiger partial charge in [0.05, 0.1) is 11.1 Å². The van der Waals surface area contributed by atoms with Gasteiger partial charge in [-0.2, -0.15) is 0 Å². The topological polar surface area (TPSA) is 68.4 Å². The second kappa shape index (κ2) is 7.10. The SMILES string of the molecule is O=c1ccc([N+](=O)[O-])cn1CCN1CCC[C@H]1c1ccc(F)c(F)c1. The molecule has 0 spiro atoms. The van der Waals surface area contributed by atoms with Crippen molar-refractivity contribution in [2.24, 2.45) is 0 Å². The molecule has 25 heavy (non-hydrogen) atoms. The van der Waals surface area contributed by atoms with Crippen LogP contribution in [0, 0.1) is 21.7 Å². The van der Waals surface area contributed by atoms with Crippen molar-refractivity contribution in [2.45, 2.75) is 25.4 Å². The Morgan fingerprint density at radius 3 is 2.68 bits per heavy atom. The molecule has 132 valence electrons. The number of aromatic nitrogens is 1. The highest BCUT2D eigenvalue weighted by Crippen LogP contribution is 2.32. The Morgan fingerprint density at radius 2 is 1.96 bits per heavy atom. The molecule has 2 aromatic rings. The second-order valence-electron chi connectivity index (χ2n) is 6.04. The maximum absolute atomic E-state index is 13.5. The molecule has 8 heteroatoms. The van der Waals surface area contributed by atoms with Gasteiger partial charge in [-0.05, 0) is 37.1 Å². The number of halogens is 2. The third-order valence-corrected chi connectivity index (χ3v) is 4.50. The van der Waals surface area contributed by atoms with E-state index >= 15 is 0 Å². The highest BCUT2D eigenvalue weighted by Gasteiger charge is 2.26. The van der Waals surface area contributed by atoms with Gasteiger partial charge in [0.2, 0.25) is 0 Å². The molecule has 1 atom stereocenters. The standard InChI is InChI=1S/C17H17F2N3O3/c18-14-5-3-12(10-15(14)19)16-2-1-7-20(16)8-9-21-11-13(22(24)25)4-6-17(21)23/h3-6,10-11,16H,1-2,7-9H2/t16-/m0/s1. The smallest absolute Gasteiger partial charge is 0.285 e. The molecule has 3 rings (SSSR count). The minimum atomic E-state index is -0.878. The Labute approximate surface area is 142 Å². The molecule has 0 saturated carbocycles. The molecular formula is C17H17F2N3O3. The highest BCUT2D eigenvalue weighted by atomic mass is 19.2. The van der Waals surface area contributed by atoms with E-state index in [2.05, 4.69) is 4.90 Å². The van der Waals surface area contributed by atoms with E-state index in [9.17, 15) is 23.7 Å². The molecule has 0 bridgehead atoms. The minimum absolute atomic E-state index is 0.0514. The van der Waals surface area contributed by atoms with Crippen molar-refractivity contribution in [2.75, 3.05) is 13.1 Å². The molecule has 1 aliphatic heterocycles. The number of likely N-dealkylation sites (tertiary alicyclic amines) is 1. The number of rotatable bonds is 5. The molecule has 0 unspecified atom stereocenters. The van der Waals surface area contributed by atoms with Gasteiger partial charge < -0.3 is 4.57 Å². The third-order valence-electron chi connectivity index (χ3n) is 4.50. The zero-order valence-corrected chi connectivity index (χ0v) is 13.4. The first-order valence-electron chi connectivity index (χ1n) is 7.99. The first-order valence-corrected chi connectivity index (χ1v) is 7.99. The van der Waals surface area contributed by atoms with E-state index in [0.717, 1.165) is 25.5 Å². The van der Waals surface area contributed by atoms with Crippen LogP contribution in [-0.4, -0.2) is 27.5 Å². The zero-order valence-electron chi connectivity index (χ0n) is 13.4. The number of hydrogen-bond donors (Lipinski definition) is 0. The average molecular weight is 349 g/mol. The van der Waals surface area contributed by atoms with Crippen LogP contribution in [0.15, 0.2) is 41.3 Å². The molecular weight excluding hydrogens is 332 g/mol. The summed E-state index contributed by atoms with van der Waals surface area (Å²) in [5, 5.41) is 10.8. The fraction of sp³-hybridized carbons (Fsp3) is 0.353. The van der Waals surface area contributed by atoms with Crippen LogP contribution >= 0.6 is 0 Å². The highest BCUT2D eigenvalue weighted by molar-refractivity contribution is 5.25. The summed E-state index contributed by atoms with van der Waals surface area (Å²) in [7, 11) is 0. The fourth-order valence-corrected chi connectivity index (χ4v) is 3.23. The normalized spacial score (nSPS) is 17.8. The molecule has 0 N–H and O–H groups in total. The predicted molar refractivity (Wildman–Crippen MR) is 87.3 cm³/mol. The Bertz CT molecular complexity index is 853. The summed E-state index contributed by atoms with van der Waals surface area (Å²) < 4.78 is 27.9. The molecule has 1 aromatic carbocycles. The largest absolute Gasteiger partial charge is 0.308 e. The van der Waals surface area contributed by atoms with E-state index in [0.29, 0.717) is 18.7 Å². The summed E-state index contributed by atoms with van der Waals surface area (Å²) in [5.41, 5.74) is 0.246. The van der Waals surface area contributed by atoms with Crippen molar-refractivity contribution >= 4 is 5.69 Å². The van der Waals surface area contributed by atoms with E-state index in [1.54, 1.807) is 6.07 Å². The van der Waals surface area contributed by atoms with Gasteiger partial charge in [0.15, 0.2) is 11.6 Å². The summed E-state index contributed by atoms with van der Waals surface area (Å²) in [4.78, 5) is 24.2. The predicted octanol–water partition coefficient (Wildman–Crippen LogP) is 2.87. The number of nitrogens with zero attached hydrogens (tertiary/aromatic N) is 3. The van der Waals surface area contributed by atoms with Crippen LogP contribution in [-0.2, 0) is 6.54 Å². The van der Waals surface area contributed by atoms with E-state index in [1.165, 1.54) is 29.0 Å². The second-order valence-corrected chi connectivity index (χ2v) is 6.04. The van der Waals surface area contributed by atoms with Gasteiger partial charge in [0.25, 0.3) is 11.2 Å². The van der Waals surface area contributed by atoms with Gasteiger partial charge in [0, 0.05) is 31.3 Å². The molecule has 0 aliphatic carbocycles. The Kier molecular flexibility index (Phi) is 4.89. The van der Waals surface area contributed by atoms with Crippen molar-refractivity contribution in [1.82, 2.24) is 9.47 Å². The summed E-state index contributed by atoms with van der Waals surface area (Å²) >= 11 is 0. The number of nitro groups is 1. The lowest BCUT2D eigenvalue weighted by Crippen LogP contribution is -2.30. The minimum Gasteiger partial charge on any atom is -0.308 e. The van der Waals surface area contributed by atoms with Crippen molar-refractivity contribution in [3.63, 3.8) is 0 Å². The van der Waals surface area contributed by atoms with Gasteiger partial charge >= 0.3 is 0 Å². The van der Waals surface area contributed by atoms with E-state index < -0.39 is 16.6 Å². The first kappa shape index (κ1) is 17.2. The van der Waals surface area contributed by atoms with Crippen LogP contribution < -0.4 is 5.56 Å². The Hall–Kier alpha value is -2.61. The van der Waals surface area contributed by atoms with Crippen LogP contribution in [0.3, 0.4) is 0 Å². The van der Waals surface area contributed by atoms with E-state index in [4.69, 9.17) is 0 Å². The van der Waals surface area contributed by atoms with Crippen molar-refractivity contribution in [1.29, 1.82) is 0 Å². The van der Waals surface area contributed by atoms with Crippen molar-refractivity contribution in [3.05, 3.63) is 74.2 Å². The molecule has 1 fully saturated rings. The third kappa shape index (κ3) is 3.74. The fourth-order valence-electron chi connectivity index (χ4n) is 3.23. The monoisotopic (exact) mass is 349 g/mol. The van der Waals surface area contributed by atoms with Crippen LogP contribution in [0.4, 0.5) is 14.5 Å². The van der Waals surface area contributed by atoms with Gasteiger partial charge in [-0.15, -0.1) is 0 Å². The quantitative estimate of drug-likeness (QED) is 0.615. The summed E-state index contributed by atoms with van der Waals surface area (Å²) in [6, 6.07) is 6.20. The lowest BCUT2D eigenvalue weighted by atomic mass is 10.0.